The molecule has 1 aromatic heterocycles. The molecule has 1 aromatic carbocycles. The highest BCUT2D eigenvalue weighted by molar-refractivity contribution is 7.80. The van der Waals surface area contributed by atoms with E-state index in [2.05, 4.69) is 4.98 Å². The minimum Gasteiger partial charge on any atom is -0.389 e. The van der Waals surface area contributed by atoms with Gasteiger partial charge in [0.2, 0.25) is 0 Å². The molecule has 0 aliphatic rings. The summed E-state index contributed by atoms with van der Waals surface area (Å²) in [6, 6.07) is 9.73. The predicted molar refractivity (Wildman–Crippen MR) is 74.6 cm³/mol. The maximum absolute atomic E-state index is 12.9. The number of hydrogen-bond acceptors (Lipinski definition) is 3. The number of pyridine rings is 1. The third-order valence-electron chi connectivity index (χ3n) is 2.58. The third-order valence-corrected chi connectivity index (χ3v) is 2.80. The number of nitrogens with two attached hydrogens (primary N) is 1. The van der Waals surface area contributed by atoms with E-state index in [4.69, 9.17) is 18.0 Å². The van der Waals surface area contributed by atoms with Crippen molar-refractivity contribution in [2.75, 3.05) is 11.9 Å². The van der Waals surface area contributed by atoms with E-state index in [-0.39, 0.29) is 10.8 Å². The molecule has 0 aliphatic carbocycles. The molecular formula is C13H12FN3S. The lowest BCUT2D eigenvalue weighted by atomic mass is 10.2. The van der Waals surface area contributed by atoms with Crippen molar-refractivity contribution in [1.29, 1.82) is 0 Å². The maximum atomic E-state index is 12.9. The minimum atomic E-state index is -0.275. The smallest absolute Gasteiger partial charge is 0.142 e. The molecule has 3 nitrogen and oxygen atoms in total. The lowest BCUT2D eigenvalue weighted by molar-refractivity contribution is 0.628. The number of anilines is 2. The fourth-order valence-electron chi connectivity index (χ4n) is 1.64. The highest BCUT2D eigenvalue weighted by Crippen LogP contribution is 2.24. The van der Waals surface area contributed by atoms with Gasteiger partial charge >= 0.3 is 0 Å². The van der Waals surface area contributed by atoms with E-state index in [0.29, 0.717) is 11.4 Å². The molecule has 0 fully saturated rings. The third kappa shape index (κ3) is 2.46. The number of thiocarbonyl (C=S) groups is 1. The number of benzene rings is 1. The number of aromatic nitrogens is 1. The standard InChI is InChI=1S/C13H12FN3S/c1-17(10-6-4-9(14)5-7-10)13-11(12(15)18)3-2-8-16-13/h2-8H,1H3,(H2,15,18). The predicted octanol–water partition coefficient (Wildman–Crippen LogP) is 2.62. The van der Waals surface area contributed by atoms with Crippen LogP contribution in [0.4, 0.5) is 15.9 Å². The monoisotopic (exact) mass is 261 g/mol. The molecule has 1 heterocycles. The molecule has 0 aliphatic heterocycles. The molecule has 0 saturated carbocycles. The summed E-state index contributed by atoms with van der Waals surface area (Å²) in [4.78, 5) is 6.36. The molecule has 0 bridgehead atoms. The molecule has 2 aromatic rings. The molecule has 0 amide bonds. The van der Waals surface area contributed by atoms with Crippen LogP contribution in [0.1, 0.15) is 5.56 Å². The van der Waals surface area contributed by atoms with Gasteiger partial charge in [-0.15, -0.1) is 0 Å². The van der Waals surface area contributed by atoms with Crippen LogP contribution in [0.25, 0.3) is 0 Å². The van der Waals surface area contributed by atoms with Crippen molar-refractivity contribution < 1.29 is 4.39 Å². The van der Waals surface area contributed by atoms with E-state index in [1.807, 2.05) is 18.0 Å². The molecule has 2 rings (SSSR count). The van der Waals surface area contributed by atoms with Crippen molar-refractivity contribution in [3.8, 4) is 0 Å². The Morgan fingerprint density at radius 1 is 1.28 bits per heavy atom. The Morgan fingerprint density at radius 2 is 1.94 bits per heavy atom. The van der Waals surface area contributed by atoms with Crippen molar-refractivity contribution in [3.05, 3.63) is 54.0 Å². The number of hydrogen-bond donors (Lipinski definition) is 1. The Bertz CT molecular complexity index is 569. The zero-order valence-corrected chi connectivity index (χ0v) is 10.6. The van der Waals surface area contributed by atoms with Crippen LogP contribution in [-0.2, 0) is 0 Å². The van der Waals surface area contributed by atoms with E-state index in [1.54, 1.807) is 24.4 Å². The highest BCUT2D eigenvalue weighted by atomic mass is 32.1. The van der Waals surface area contributed by atoms with Gasteiger partial charge in [0.15, 0.2) is 0 Å². The number of halogens is 1. The SMILES string of the molecule is CN(c1ccc(F)cc1)c1ncccc1C(N)=S. The largest absolute Gasteiger partial charge is 0.389 e. The quantitative estimate of drug-likeness (QED) is 0.862. The molecular weight excluding hydrogens is 249 g/mol. The summed E-state index contributed by atoms with van der Waals surface area (Å²) in [5.74, 6) is 0.374. The molecule has 0 radical (unpaired) electrons. The first-order valence-electron chi connectivity index (χ1n) is 5.33. The lowest BCUT2D eigenvalue weighted by Gasteiger charge is -2.20. The van der Waals surface area contributed by atoms with Crippen molar-refractivity contribution in [2.45, 2.75) is 0 Å². The maximum Gasteiger partial charge on any atom is 0.142 e. The van der Waals surface area contributed by atoms with Crippen molar-refractivity contribution in [2.24, 2.45) is 5.73 Å². The summed E-state index contributed by atoms with van der Waals surface area (Å²) < 4.78 is 12.9. The topological polar surface area (TPSA) is 42.2 Å². The van der Waals surface area contributed by atoms with Crippen LogP contribution < -0.4 is 10.6 Å². The van der Waals surface area contributed by atoms with Crippen LogP contribution in [0.2, 0.25) is 0 Å². The second-order valence-electron chi connectivity index (χ2n) is 3.77. The molecule has 92 valence electrons. The second-order valence-corrected chi connectivity index (χ2v) is 4.21. The van der Waals surface area contributed by atoms with E-state index >= 15 is 0 Å². The molecule has 0 unspecified atom stereocenters. The van der Waals surface area contributed by atoms with Gasteiger partial charge in [0, 0.05) is 18.9 Å². The van der Waals surface area contributed by atoms with E-state index in [9.17, 15) is 4.39 Å². The van der Waals surface area contributed by atoms with Crippen LogP contribution >= 0.6 is 12.2 Å². The molecule has 0 saturated heterocycles. The Balaban J connectivity index is 2.42. The minimum absolute atomic E-state index is 0.275. The molecule has 0 atom stereocenters. The van der Waals surface area contributed by atoms with Gasteiger partial charge in [-0.25, -0.2) is 9.37 Å². The summed E-state index contributed by atoms with van der Waals surface area (Å²) in [7, 11) is 1.83. The van der Waals surface area contributed by atoms with Gasteiger partial charge in [0.25, 0.3) is 0 Å². The number of nitrogens with zero attached hydrogens (tertiary/aromatic N) is 2. The average Bonchev–Trinajstić information content (AvgIpc) is 2.39. The summed E-state index contributed by atoms with van der Waals surface area (Å²) in [5.41, 5.74) is 7.17. The van der Waals surface area contributed by atoms with Crippen LogP contribution in [-0.4, -0.2) is 17.0 Å². The molecule has 5 heteroatoms. The summed E-state index contributed by atoms with van der Waals surface area (Å²) in [5, 5.41) is 0. The normalized spacial score (nSPS) is 10.1. The number of rotatable bonds is 3. The second kappa shape index (κ2) is 5.10. The fraction of sp³-hybridized carbons (Fsp3) is 0.0769. The van der Waals surface area contributed by atoms with E-state index in [0.717, 1.165) is 5.69 Å². The van der Waals surface area contributed by atoms with E-state index < -0.39 is 0 Å². The van der Waals surface area contributed by atoms with Crippen molar-refractivity contribution in [3.63, 3.8) is 0 Å². The lowest BCUT2D eigenvalue weighted by Crippen LogP contribution is -2.19. The molecule has 2 N–H and O–H groups in total. The van der Waals surface area contributed by atoms with Crippen molar-refractivity contribution >= 4 is 28.7 Å². The van der Waals surface area contributed by atoms with Crippen LogP contribution in [0.15, 0.2) is 42.6 Å². The van der Waals surface area contributed by atoms with Crippen LogP contribution in [0, 0.1) is 5.82 Å². The summed E-state index contributed by atoms with van der Waals surface area (Å²) >= 11 is 4.99. The fourth-order valence-corrected chi connectivity index (χ4v) is 1.80. The van der Waals surface area contributed by atoms with Crippen molar-refractivity contribution in [1.82, 2.24) is 4.98 Å². The van der Waals surface area contributed by atoms with Gasteiger partial charge in [0.1, 0.15) is 16.6 Å². The summed E-state index contributed by atoms with van der Waals surface area (Å²) in [6.45, 7) is 0. The molecule has 18 heavy (non-hydrogen) atoms. The van der Waals surface area contributed by atoms with Gasteiger partial charge in [-0.1, -0.05) is 12.2 Å². The van der Waals surface area contributed by atoms with Gasteiger partial charge < -0.3 is 10.6 Å². The Morgan fingerprint density at radius 3 is 2.56 bits per heavy atom. The van der Waals surface area contributed by atoms with Gasteiger partial charge in [-0.2, -0.15) is 0 Å². The zero-order chi connectivity index (χ0) is 13.1. The van der Waals surface area contributed by atoms with Gasteiger partial charge in [-0.3, -0.25) is 0 Å². The van der Waals surface area contributed by atoms with E-state index in [1.165, 1.54) is 12.1 Å². The Kier molecular flexibility index (Phi) is 3.53. The first kappa shape index (κ1) is 12.4. The summed E-state index contributed by atoms with van der Waals surface area (Å²) in [6.07, 6.45) is 1.66. The Hall–Kier alpha value is -2.01. The Labute approximate surface area is 110 Å². The van der Waals surface area contributed by atoms with Crippen LogP contribution in [0.3, 0.4) is 0 Å². The zero-order valence-electron chi connectivity index (χ0n) is 9.80. The average molecular weight is 261 g/mol. The van der Waals surface area contributed by atoms with Gasteiger partial charge in [0.05, 0.1) is 5.56 Å². The molecule has 0 spiro atoms. The van der Waals surface area contributed by atoms with Crippen LogP contribution in [0.5, 0.6) is 0 Å². The van der Waals surface area contributed by atoms with Gasteiger partial charge in [-0.05, 0) is 36.4 Å². The highest BCUT2D eigenvalue weighted by Gasteiger charge is 2.12. The first-order chi connectivity index (χ1) is 8.59. The first-order valence-corrected chi connectivity index (χ1v) is 5.74.